The van der Waals surface area contributed by atoms with Crippen molar-refractivity contribution < 1.29 is 9.47 Å². The Labute approximate surface area is 108 Å². The van der Waals surface area contributed by atoms with Crippen LogP contribution in [0.4, 0.5) is 0 Å². The van der Waals surface area contributed by atoms with Crippen molar-refractivity contribution in [1.29, 1.82) is 0 Å². The SMILES string of the molecule is COc1ccc(OC)c(C2(C3CC3)CCCN2)c1. The number of benzene rings is 1. The maximum atomic E-state index is 5.56. The van der Waals surface area contributed by atoms with E-state index in [9.17, 15) is 0 Å². The molecule has 1 heterocycles. The molecule has 1 aliphatic carbocycles. The molecular weight excluding hydrogens is 226 g/mol. The van der Waals surface area contributed by atoms with Gasteiger partial charge in [-0.15, -0.1) is 0 Å². The zero-order valence-corrected chi connectivity index (χ0v) is 11.2. The summed E-state index contributed by atoms with van der Waals surface area (Å²) in [7, 11) is 3.47. The Balaban J connectivity index is 2.07. The maximum absolute atomic E-state index is 5.56. The Morgan fingerprint density at radius 3 is 2.61 bits per heavy atom. The smallest absolute Gasteiger partial charge is 0.124 e. The number of methoxy groups -OCH3 is 2. The van der Waals surface area contributed by atoms with Crippen molar-refractivity contribution >= 4 is 0 Å². The molecule has 0 spiro atoms. The topological polar surface area (TPSA) is 30.5 Å². The van der Waals surface area contributed by atoms with Crippen LogP contribution in [0, 0.1) is 5.92 Å². The Morgan fingerprint density at radius 2 is 2.06 bits per heavy atom. The molecule has 1 aromatic carbocycles. The van der Waals surface area contributed by atoms with Crippen molar-refractivity contribution in [1.82, 2.24) is 5.32 Å². The summed E-state index contributed by atoms with van der Waals surface area (Å²) in [6.45, 7) is 1.11. The zero-order valence-electron chi connectivity index (χ0n) is 11.2. The minimum absolute atomic E-state index is 0.125. The summed E-state index contributed by atoms with van der Waals surface area (Å²) in [6.07, 6.45) is 5.11. The lowest BCUT2D eigenvalue weighted by Crippen LogP contribution is -2.39. The second-order valence-electron chi connectivity index (χ2n) is 5.34. The molecule has 3 nitrogen and oxygen atoms in total. The van der Waals surface area contributed by atoms with Gasteiger partial charge in [-0.1, -0.05) is 0 Å². The lowest BCUT2D eigenvalue weighted by molar-refractivity contribution is 0.311. The van der Waals surface area contributed by atoms with Gasteiger partial charge >= 0.3 is 0 Å². The van der Waals surface area contributed by atoms with Crippen LogP contribution in [-0.4, -0.2) is 20.8 Å². The second-order valence-corrected chi connectivity index (χ2v) is 5.34. The van der Waals surface area contributed by atoms with E-state index in [0.717, 1.165) is 24.0 Å². The largest absolute Gasteiger partial charge is 0.497 e. The van der Waals surface area contributed by atoms with Gasteiger partial charge in [0.2, 0.25) is 0 Å². The summed E-state index contributed by atoms with van der Waals surface area (Å²) in [5, 5.41) is 3.74. The van der Waals surface area contributed by atoms with Crippen molar-refractivity contribution in [2.75, 3.05) is 20.8 Å². The van der Waals surface area contributed by atoms with E-state index >= 15 is 0 Å². The van der Waals surface area contributed by atoms with Crippen LogP contribution in [0.15, 0.2) is 18.2 Å². The first kappa shape index (κ1) is 11.8. The molecule has 0 bridgehead atoms. The van der Waals surface area contributed by atoms with Crippen LogP contribution in [-0.2, 0) is 5.54 Å². The molecule has 1 aliphatic heterocycles. The molecule has 2 fully saturated rings. The van der Waals surface area contributed by atoms with Gasteiger partial charge in [0.1, 0.15) is 11.5 Å². The number of hydrogen-bond donors (Lipinski definition) is 1. The Kier molecular flexibility index (Phi) is 2.94. The van der Waals surface area contributed by atoms with E-state index in [1.165, 1.54) is 31.2 Å². The Hall–Kier alpha value is -1.22. The van der Waals surface area contributed by atoms with Gasteiger partial charge in [-0.3, -0.25) is 0 Å². The minimum Gasteiger partial charge on any atom is -0.497 e. The average Bonchev–Trinajstić information content (AvgIpc) is 3.17. The van der Waals surface area contributed by atoms with E-state index in [1.54, 1.807) is 14.2 Å². The van der Waals surface area contributed by atoms with Gasteiger partial charge in [0.25, 0.3) is 0 Å². The summed E-state index contributed by atoms with van der Waals surface area (Å²) < 4.78 is 10.9. The van der Waals surface area contributed by atoms with Gasteiger partial charge in [0, 0.05) is 5.56 Å². The molecule has 1 unspecified atom stereocenters. The monoisotopic (exact) mass is 247 g/mol. The average molecular weight is 247 g/mol. The number of ether oxygens (including phenoxy) is 2. The van der Waals surface area contributed by atoms with E-state index in [-0.39, 0.29) is 5.54 Å². The van der Waals surface area contributed by atoms with Gasteiger partial charge in [0.05, 0.1) is 19.8 Å². The zero-order chi connectivity index (χ0) is 12.6. The fourth-order valence-electron chi connectivity index (χ4n) is 3.30. The fourth-order valence-corrected chi connectivity index (χ4v) is 3.30. The third kappa shape index (κ3) is 1.77. The van der Waals surface area contributed by atoms with Gasteiger partial charge in [-0.25, -0.2) is 0 Å². The number of rotatable bonds is 4. The van der Waals surface area contributed by atoms with Crippen LogP contribution in [0.25, 0.3) is 0 Å². The lowest BCUT2D eigenvalue weighted by Gasteiger charge is -2.32. The normalized spacial score (nSPS) is 27.2. The predicted octanol–water partition coefficient (Wildman–Crippen LogP) is 2.69. The molecule has 1 aromatic rings. The summed E-state index contributed by atoms with van der Waals surface area (Å²) in [6, 6.07) is 6.14. The molecule has 0 amide bonds. The summed E-state index contributed by atoms with van der Waals surface area (Å²) in [5.74, 6) is 2.66. The second kappa shape index (κ2) is 4.47. The quantitative estimate of drug-likeness (QED) is 0.887. The van der Waals surface area contributed by atoms with Crippen LogP contribution in [0.5, 0.6) is 11.5 Å². The van der Waals surface area contributed by atoms with Crippen LogP contribution in [0.3, 0.4) is 0 Å². The highest BCUT2D eigenvalue weighted by Crippen LogP contribution is 2.52. The molecule has 1 saturated carbocycles. The van der Waals surface area contributed by atoms with E-state index in [1.807, 2.05) is 12.1 Å². The Morgan fingerprint density at radius 1 is 1.22 bits per heavy atom. The Bertz CT molecular complexity index is 434. The first-order valence-corrected chi connectivity index (χ1v) is 6.78. The molecule has 1 N–H and O–H groups in total. The molecular formula is C15H21NO2. The van der Waals surface area contributed by atoms with Gasteiger partial charge in [-0.2, -0.15) is 0 Å². The van der Waals surface area contributed by atoms with Crippen molar-refractivity contribution in [2.45, 2.75) is 31.2 Å². The van der Waals surface area contributed by atoms with E-state index in [4.69, 9.17) is 9.47 Å². The van der Waals surface area contributed by atoms with Crippen LogP contribution >= 0.6 is 0 Å². The summed E-state index contributed by atoms with van der Waals surface area (Å²) in [4.78, 5) is 0. The van der Waals surface area contributed by atoms with Gasteiger partial charge in [-0.05, 0) is 56.3 Å². The van der Waals surface area contributed by atoms with E-state index in [0.29, 0.717) is 0 Å². The summed E-state index contributed by atoms with van der Waals surface area (Å²) in [5.41, 5.74) is 1.41. The van der Waals surface area contributed by atoms with Crippen LogP contribution < -0.4 is 14.8 Å². The number of nitrogens with one attached hydrogen (secondary N) is 1. The first-order chi connectivity index (χ1) is 8.80. The number of hydrogen-bond acceptors (Lipinski definition) is 3. The van der Waals surface area contributed by atoms with Crippen molar-refractivity contribution in [2.24, 2.45) is 5.92 Å². The standard InChI is InChI=1S/C15H21NO2/c1-17-12-6-7-14(18-2)13(10-12)15(11-4-5-11)8-3-9-16-15/h6-7,10-11,16H,3-5,8-9H2,1-2H3. The molecule has 2 aliphatic rings. The van der Waals surface area contributed by atoms with Crippen LogP contribution in [0.1, 0.15) is 31.2 Å². The van der Waals surface area contributed by atoms with Crippen molar-refractivity contribution in [3.63, 3.8) is 0 Å². The highest BCUT2D eigenvalue weighted by atomic mass is 16.5. The highest BCUT2D eigenvalue weighted by molar-refractivity contribution is 5.46. The predicted molar refractivity (Wildman–Crippen MR) is 71.2 cm³/mol. The highest BCUT2D eigenvalue weighted by Gasteiger charge is 2.49. The maximum Gasteiger partial charge on any atom is 0.124 e. The van der Waals surface area contributed by atoms with E-state index < -0.39 is 0 Å². The van der Waals surface area contributed by atoms with Crippen molar-refractivity contribution in [3.8, 4) is 11.5 Å². The van der Waals surface area contributed by atoms with E-state index in [2.05, 4.69) is 11.4 Å². The fraction of sp³-hybridized carbons (Fsp3) is 0.600. The van der Waals surface area contributed by atoms with Gasteiger partial charge < -0.3 is 14.8 Å². The lowest BCUT2D eigenvalue weighted by atomic mass is 9.83. The minimum atomic E-state index is 0.125. The third-order valence-electron chi connectivity index (χ3n) is 4.35. The van der Waals surface area contributed by atoms with Crippen LogP contribution in [0.2, 0.25) is 0 Å². The molecule has 3 heteroatoms. The molecule has 0 aromatic heterocycles. The first-order valence-electron chi connectivity index (χ1n) is 6.78. The molecule has 1 saturated heterocycles. The molecule has 98 valence electrons. The molecule has 1 atom stereocenters. The third-order valence-corrected chi connectivity index (χ3v) is 4.35. The van der Waals surface area contributed by atoms with Gasteiger partial charge in [0.15, 0.2) is 0 Å². The van der Waals surface area contributed by atoms with Crippen molar-refractivity contribution in [3.05, 3.63) is 23.8 Å². The molecule has 18 heavy (non-hydrogen) atoms. The summed E-state index contributed by atoms with van der Waals surface area (Å²) >= 11 is 0. The molecule has 3 rings (SSSR count). The molecule has 0 radical (unpaired) electrons.